The van der Waals surface area contributed by atoms with Crippen molar-refractivity contribution in [3.8, 4) is 11.5 Å². The Morgan fingerprint density at radius 1 is 1.05 bits per heavy atom. The van der Waals surface area contributed by atoms with Crippen molar-refractivity contribution in [3.05, 3.63) is 104 Å². The summed E-state index contributed by atoms with van der Waals surface area (Å²) in [4.78, 5) is 66.4. The number of benzene rings is 2. The number of allylic oxidation sites excluding steroid dienone is 7. The van der Waals surface area contributed by atoms with Gasteiger partial charge < -0.3 is 9.84 Å². The van der Waals surface area contributed by atoms with Crippen LogP contribution in [-0.2, 0) is 25.6 Å². The molecule has 3 aliphatic carbocycles. The lowest BCUT2D eigenvalue weighted by Crippen LogP contribution is -2.41. The van der Waals surface area contributed by atoms with E-state index < -0.39 is 40.4 Å². The molecule has 1 fully saturated rings. The molecule has 2 aromatic carbocycles. The maximum Gasteiger partial charge on any atom is 0.271 e. The van der Waals surface area contributed by atoms with Gasteiger partial charge in [-0.15, -0.1) is 0 Å². The second kappa shape index (κ2) is 9.20. The van der Waals surface area contributed by atoms with Gasteiger partial charge in [0.1, 0.15) is 11.5 Å². The number of nitro groups is 1. The molecule has 0 unspecified atom stereocenters. The number of imide groups is 1. The lowest BCUT2D eigenvalue weighted by atomic mass is 9.58. The average molecular weight is 565 g/mol. The van der Waals surface area contributed by atoms with E-state index in [4.69, 9.17) is 4.74 Å². The minimum atomic E-state index is -0.802. The van der Waals surface area contributed by atoms with E-state index in [9.17, 15) is 34.4 Å². The zero-order chi connectivity index (χ0) is 29.4. The number of aromatic hydroxyl groups is 1. The van der Waals surface area contributed by atoms with Crippen LogP contribution in [-0.4, -0.2) is 33.4 Å². The number of carbonyl (C=O) groups excluding carboxylic acids is 4. The van der Waals surface area contributed by atoms with Crippen molar-refractivity contribution in [3.63, 3.8) is 0 Å². The van der Waals surface area contributed by atoms with Gasteiger partial charge in [0.25, 0.3) is 5.69 Å². The molecule has 1 saturated heterocycles. The highest BCUT2D eigenvalue weighted by atomic mass is 16.6. The number of ketones is 2. The fourth-order valence-corrected chi connectivity index (χ4v) is 7.19. The highest BCUT2D eigenvalue weighted by Crippen LogP contribution is 2.55. The van der Waals surface area contributed by atoms with Gasteiger partial charge in [-0.1, -0.05) is 17.7 Å². The Morgan fingerprint density at radius 2 is 1.86 bits per heavy atom. The molecule has 5 aliphatic rings. The second-order valence-electron chi connectivity index (χ2n) is 11.3. The normalized spacial score (nSPS) is 26.4. The molecule has 0 bridgehead atoms. The van der Waals surface area contributed by atoms with Crippen molar-refractivity contribution >= 4 is 34.8 Å². The summed E-state index contributed by atoms with van der Waals surface area (Å²) in [6, 6.07) is 10.2. The molecule has 0 saturated carbocycles. The predicted molar refractivity (Wildman–Crippen MR) is 148 cm³/mol. The third-order valence-electron chi connectivity index (χ3n) is 9.01. The lowest BCUT2D eigenvalue weighted by Gasteiger charge is -2.43. The van der Waals surface area contributed by atoms with Gasteiger partial charge in [-0.25, -0.2) is 4.90 Å². The molecule has 1 N–H and O–H groups in total. The molecule has 210 valence electrons. The maximum atomic E-state index is 14.0. The number of Topliss-reactive ketones (excluding diaryl/α,β-unsaturated/α-hetero) is 1. The number of nitro benzene ring substituents is 1. The average Bonchev–Trinajstić information content (AvgIpc) is 3.23. The Kier molecular flexibility index (Phi) is 5.66. The van der Waals surface area contributed by atoms with Crippen molar-refractivity contribution in [2.24, 2.45) is 23.7 Å². The molecule has 0 radical (unpaired) electrons. The quantitative estimate of drug-likeness (QED) is 0.191. The molecule has 2 aromatic rings. The lowest BCUT2D eigenvalue weighted by molar-refractivity contribution is -0.384. The first-order valence-electron chi connectivity index (χ1n) is 13.6. The summed E-state index contributed by atoms with van der Waals surface area (Å²) >= 11 is 0. The largest absolute Gasteiger partial charge is 0.508 e. The summed E-state index contributed by atoms with van der Waals surface area (Å²) in [5.74, 6) is -3.51. The predicted octanol–water partition coefficient (Wildman–Crippen LogP) is 4.29. The summed E-state index contributed by atoms with van der Waals surface area (Å²) in [6.45, 7) is 1.59. The number of nitrogens with zero attached hydrogens (tertiary/aromatic N) is 2. The van der Waals surface area contributed by atoms with Crippen molar-refractivity contribution in [2.75, 3.05) is 4.90 Å². The van der Waals surface area contributed by atoms with Gasteiger partial charge in [0.05, 0.1) is 28.7 Å². The number of phenolic OH excluding ortho intramolecular Hbond substituents is 1. The van der Waals surface area contributed by atoms with E-state index in [-0.39, 0.29) is 41.5 Å². The van der Waals surface area contributed by atoms with Crippen LogP contribution >= 0.6 is 0 Å². The number of anilines is 1. The van der Waals surface area contributed by atoms with Crippen molar-refractivity contribution < 1.29 is 33.9 Å². The van der Waals surface area contributed by atoms with Gasteiger partial charge >= 0.3 is 0 Å². The zero-order valence-electron chi connectivity index (χ0n) is 22.4. The molecule has 2 aliphatic heterocycles. The number of amides is 2. The highest BCUT2D eigenvalue weighted by Gasteiger charge is 2.57. The highest BCUT2D eigenvalue weighted by molar-refractivity contribution is 6.24. The summed E-state index contributed by atoms with van der Waals surface area (Å²) in [5, 5.41) is 21.5. The molecule has 0 spiro atoms. The van der Waals surface area contributed by atoms with Gasteiger partial charge in [-0.2, -0.15) is 0 Å². The molecule has 7 rings (SSSR count). The minimum Gasteiger partial charge on any atom is -0.508 e. The Labute approximate surface area is 239 Å². The Hall–Kier alpha value is -5.12. The molecule has 42 heavy (non-hydrogen) atoms. The van der Waals surface area contributed by atoms with Crippen molar-refractivity contribution in [1.29, 1.82) is 0 Å². The number of rotatable bonds is 3. The number of carbonyl (C=O) groups is 4. The number of non-ortho nitro benzene ring substituents is 1. The standard InChI is InChI=1S/C32H24N2O8/c1-15-9-25(36)29-24(30(15)37)13-23-21(27(29)17-10-16-11-20(35)5-8-26(16)42-14-17)6-7-22-28(23)32(39)33(31(22)38)18-3-2-4-19(12-18)34(40)41/h2-6,8-9,11-12,14,22-23,27-28,35H,7,10,13H2,1H3/t22-,23+,27-,28-/m0/s1. The number of fused-ring (bicyclic) bond motifs is 4. The van der Waals surface area contributed by atoms with Crippen LogP contribution in [0.2, 0.25) is 0 Å². The molecular weight excluding hydrogens is 540 g/mol. The zero-order valence-corrected chi connectivity index (χ0v) is 22.4. The Balaban J connectivity index is 1.32. The fourth-order valence-electron chi connectivity index (χ4n) is 7.19. The van der Waals surface area contributed by atoms with Crippen molar-refractivity contribution in [2.45, 2.75) is 26.2 Å². The first-order chi connectivity index (χ1) is 20.1. The van der Waals surface area contributed by atoms with Crippen LogP contribution in [0.25, 0.3) is 0 Å². The monoisotopic (exact) mass is 564 g/mol. The topological polar surface area (TPSA) is 144 Å². The molecule has 10 heteroatoms. The van der Waals surface area contributed by atoms with E-state index in [0.717, 1.165) is 16.0 Å². The maximum absolute atomic E-state index is 14.0. The Morgan fingerprint density at radius 3 is 2.64 bits per heavy atom. The molecule has 10 nitrogen and oxygen atoms in total. The molecule has 0 aromatic heterocycles. The number of hydrogen-bond acceptors (Lipinski definition) is 8. The number of hydrogen-bond donors (Lipinski definition) is 1. The van der Waals surface area contributed by atoms with Crippen LogP contribution in [0.5, 0.6) is 11.5 Å². The van der Waals surface area contributed by atoms with Crippen molar-refractivity contribution in [1.82, 2.24) is 0 Å². The smallest absolute Gasteiger partial charge is 0.271 e. The van der Waals surface area contributed by atoms with E-state index >= 15 is 0 Å². The number of phenols is 1. The Bertz CT molecular complexity index is 1790. The molecular formula is C32H24N2O8. The van der Waals surface area contributed by atoms with Gasteiger partial charge in [-0.3, -0.25) is 29.3 Å². The second-order valence-corrected chi connectivity index (χ2v) is 11.3. The molecule has 2 amide bonds. The minimum absolute atomic E-state index is 0.0681. The van der Waals surface area contributed by atoms with Crippen LogP contribution in [0.3, 0.4) is 0 Å². The third kappa shape index (κ3) is 3.71. The van der Waals surface area contributed by atoms with Crippen LogP contribution in [0, 0.1) is 33.8 Å². The van der Waals surface area contributed by atoms with Crippen LogP contribution in [0.4, 0.5) is 11.4 Å². The molecule has 4 atom stereocenters. The first kappa shape index (κ1) is 25.8. The van der Waals surface area contributed by atoms with E-state index in [2.05, 4.69) is 0 Å². The third-order valence-corrected chi connectivity index (χ3v) is 9.01. The summed E-state index contributed by atoms with van der Waals surface area (Å²) in [7, 11) is 0. The molecule has 2 heterocycles. The summed E-state index contributed by atoms with van der Waals surface area (Å²) in [6.07, 6.45) is 5.54. The fraction of sp³-hybridized carbons (Fsp3) is 0.250. The van der Waals surface area contributed by atoms with E-state index in [0.29, 0.717) is 34.5 Å². The van der Waals surface area contributed by atoms with Crippen LogP contribution in [0.15, 0.2) is 88.7 Å². The van der Waals surface area contributed by atoms with E-state index in [1.807, 2.05) is 6.08 Å². The van der Waals surface area contributed by atoms with E-state index in [1.54, 1.807) is 25.3 Å². The summed E-state index contributed by atoms with van der Waals surface area (Å²) in [5.41, 5.74) is 3.11. The van der Waals surface area contributed by atoms with Crippen LogP contribution < -0.4 is 9.64 Å². The first-order valence-corrected chi connectivity index (χ1v) is 13.6. The number of ether oxygens (including phenoxy) is 1. The van der Waals surface area contributed by atoms with Gasteiger partial charge in [-0.05, 0) is 61.6 Å². The van der Waals surface area contributed by atoms with E-state index in [1.165, 1.54) is 36.4 Å². The van der Waals surface area contributed by atoms with Gasteiger partial charge in [0.15, 0.2) is 11.6 Å². The van der Waals surface area contributed by atoms with Gasteiger partial charge in [0, 0.05) is 46.8 Å². The van der Waals surface area contributed by atoms with Gasteiger partial charge in [0.2, 0.25) is 11.8 Å². The summed E-state index contributed by atoms with van der Waals surface area (Å²) < 4.78 is 5.90. The van der Waals surface area contributed by atoms with Crippen LogP contribution in [0.1, 0.15) is 25.3 Å². The SMILES string of the molecule is CC1=CC(=O)C2=C(C[C@@H]3C(=CC[C@@H]4C(=O)N(c5cccc([N+](=O)[O-])c5)C(=O)[C@@H]43)[C@@H]2C2=COc3ccc(O)cc3C2)C1=O.